The van der Waals surface area contributed by atoms with Crippen molar-refractivity contribution in [2.24, 2.45) is 5.10 Å². The van der Waals surface area contributed by atoms with Gasteiger partial charge in [-0.1, -0.05) is 54.6 Å². The molecule has 2 aromatic rings. The van der Waals surface area contributed by atoms with E-state index in [1.807, 2.05) is 48.5 Å². The monoisotopic (exact) mass is 300 g/mol. The van der Waals surface area contributed by atoms with Crippen molar-refractivity contribution in [2.75, 3.05) is 6.61 Å². The summed E-state index contributed by atoms with van der Waals surface area (Å²) in [5, 5.41) is 4.93. The first-order valence-electron chi connectivity index (χ1n) is 6.62. The van der Waals surface area contributed by atoms with Crippen molar-refractivity contribution in [1.82, 2.24) is 5.43 Å². The van der Waals surface area contributed by atoms with Crippen molar-refractivity contribution in [3.05, 3.63) is 77.3 Å². The van der Waals surface area contributed by atoms with Crippen LogP contribution >= 0.6 is 11.6 Å². The Kier molecular flexibility index (Phi) is 5.85. The summed E-state index contributed by atoms with van der Waals surface area (Å²) in [6.07, 6.45) is 3.46. The molecule has 0 amide bonds. The fourth-order valence-electron chi connectivity index (χ4n) is 1.73. The summed E-state index contributed by atoms with van der Waals surface area (Å²) < 4.78 is 5.47. The molecule has 0 fully saturated rings. The third-order valence-electron chi connectivity index (χ3n) is 2.76. The van der Waals surface area contributed by atoms with Gasteiger partial charge in [0.15, 0.2) is 0 Å². The molecular weight excluding hydrogens is 284 g/mol. The largest absolute Gasteiger partial charge is 0.490 e. The van der Waals surface area contributed by atoms with E-state index in [1.54, 1.807) is 12.3 Å². The lowest BCUT2D eigenvalue weighted by Gasteiger charge is -2.04. The van der Waals surface area contributed by atoms with Crippen molar-refractivity contribution in [1.29, 1.82) is 0 Å². The molecular formula is C17H17ClN2O. The average Bonchev–Trinajstić information content (AvgIpc) is 2.51. The molecule has 2 rings (SSSR count). The summed E-state index contributed by atoms with van der Waals surface area (Å²) in [5.74, 6) is 0.796. The van der Waals surface area contributed by atoms with E-state index in [1.165, 1.54) is 0 Å². The van der Waals surface area contributed by atoms with Gasteiger partial charge < -0.3 is 10.2 Å². The Morgan fingerprint density at radius 3 is 2.86 bits per heavy atom. The van der Waals surface area contributed by atoms with Gasteiger partial charge in [-0.3, -0.25) is 0 Å². The van der Waals surface area contributed by atoms with Crippen molar-refractivity contribution < 1.29 is 4.74 Å². The van der Waals surface area contributed by atoms with Gasteiger partial charge in [-0.05, 0) is 29.3 Å². The minimum Gasteiger partial charge on any atom is -0.490 e. The maximum absolute atomic E-state index is 6.07. The van der Waals surface area contributed by atoms with E-state index in [4.69, 9.17) is 16.3 Å². The Morgan fingerprint density at radius 1 is 1.19 bits per heavy atom. The zero-order valence-electron chi connectivity index (χ0n) is 11.6. The number of rotatable bonds is 7. The van der Waals surface area contributed by atoms with Crippen LogP contribution in [0, 0.1) is 0 Å². The van der Waals surface area contributed by atoms with Crippen LogP contribution in [0.5, 0.6) is 5.75 Å². The second-order valence-electron chi connectivity index (χ2n) is 4.36. The smallest absolute Gasteiger partial charge is 0.120 e. The summed E-state index contributed by atoms with van der Waals surface area (Å²) in [5.41, 5.74) is 4.96. The van der Waals surface area contributed by atoms with Crippen LogP contribution in [0.1, 0.15) is 11.1 Å². The maximum atomic E-state index is 6.07. The molecule has 0 unspecified atom stereocenters. The fourth-order valence-corrected chi connectivity index (χ4v) is 1.94. The van der Waals surface area contributed by atoms with Crippen LogP contribution in [0.4, 0.5) is 0 Å². The Bertz CT molecular complexity index is 626. The van der Waals surface area contributed by atoms with Gasteiger partial charge in [0.05, 0.1) is 12.8 Å². The van der Waals surface area contributed by atoms with Gasteiger partial charge in [0.2, 0.25) is 0 Å². The molecule has 0 saturated carbocycles. The molecule has 0 aliphatic rings. The highest BCUT2D eigenvalue weighted by Gasteiger charge is 1.97. The molecule has 21 heavy (non-hydrogen) atoms. The Balaban J connectivity index is 1.89. The minimum atomic E-state index is 0.491. The van der Waals surface area contributed by atoms with Crippen LogP contribution < -0.4 is 10.2 Å². The van der Waals surface area contributed by atoms with Crippen LogP contribution in [0.2, 0.25) is 5.02 Å². The number of hydrogen-bond acceptors (Lipinski definition) is 3. The number of benzene rings is 2. The molecule has 0 atom stereocenters. The third-order valence-corrected chi connectivity index (χ3v) is 3.13. The van der Waals surface area contributed by atoms with Crippen molar-refractivity contribution >= 4 is 17.8 Å². The van der Waals surface area contributed by atoms with Crippen LogP contribution in [0.15, 0.2) is 66.3 Å². The second-order valence-corrected chi connectivity index (χ2v) is 4.76. The first-order valence-corrected chi connectivity index (χ1v) is 7.00. The second kappa shape index (κ2) is 8.12. The van der Waals surface area contributed by atoms with E-state index in [9.17, 15) is 0 Å². The van der Waals surface area contributed by atoms with Gasteiger partial charge in [0, 0.05) is 5.02 Å². The fraction of sp³-hybridized carbons (Fsp3) is 0.118. The first-order chi connectivity index (χ1) is 10.3. The lowest BCUT2D eigenvalue weighted by molar-refractivity contribution is 0.363. The van der Waals surface area contributed by atoms with E-state index in [2.05, 4.69) is 17.1 Å². The quantitative estimate of drug-likeness (QED) is 0.476. The summed E-state index contributed by atoms with van der Waals surface area (Å²) in [6, 6.07) is 15.4. The maximum Gasteiger partial charge on any atom is 0.120 e. The predicted octanol–water partition coefficient (Wildman–Crippen LogP) is 4.03. The molecule has 0 aromatic heterocycles. The van der Waals surface area contributed by atoms with Crippen LogP contribution in [-0.4, -0.2) is 12.8 Å². The van der Waals surface area contributed by atoms with Crippen LogP contribution in [0.3, 0.4) is 0 Å². The zero-order valence-corrected chi connectivity index (χ0v) is 12.4. The molecule has 3 nitrogen and oxygen atoms in total. The number of hydrogen-bond donors (Lipinski definition) is 1. The number of nitrogens with zero attached hydrogens (tertiary/aromatic N) is 1. The van der Waals surface area contributed by atoms with E-state index in [0.29, 0.717) is 13.2 Å². The highest BCUT2D eigenvalue weighted by molar-refractivity contribution is 6.31. The molecule has 108 valence electrons. The molecule has 0 saturated heterocycles. The van der Waals surface area contributed by atoms with E-state index >= 15 is 0 Å². The zero-order chi connectivity index (χ0) is 14.9. The average molecular weight is 301 g/mol. The number of nitrogens with one attached hydrogen (secondary N) is 1. The molecule has 0 bridgehead atoms. The van der Waals surface area contributed by atoms with E-state index in [-0.39, 0.29) is 0 Å². The topological polar surface area (TPSA) is 33.6 Å². The molecule has 0 aliphatic heterocycles. The lowest BCUT2D eigenvalue weighted by Crippen LogP contribution is -2.06. The highest BCUT2D eigenvalue weighted by atomic mass is 35.5. The van der Waals surface area contributed by atoms with Gasteiger partial charge in [-0.15, -0.1) is 0 Å². The Labute approximate surface area is 129 Å². The third kappa shape index (κ3) is 4.97. The normalized spacial score (nSPS) is 10.5. The molecule has 0 radical (unpaired) electrons. The molecule has 0 heterocycles. The Hall–Kier alpha value is -2.26. The lowest BCUT2D eigenvalue weighted by atomic mass is 10.2. The summed E-state index contributed by atoms with van der Waals surface area (Å²) >= 11 is 6.07. The molecule has 0 aliphatic carbocycles. The summed E-state index contributed by atoms with van der Waals surface area (Å²) in [7, 11) is 0. The van der Waals surface area contributed by atoms with Gasteiger partial charge in [0.1, 0.15) is 12.4 Å². The first kappa shape index (κ1) is 15.1. The molecule has 1 N–H and O–H groups in total. The van der Waals surface area contributed by atoms with Crippen LogP contribution in [-0.2, 0) is 6.54 Å². The van der Waals surface area contributed by atoms with Crippen molar-refractivity contribution in [3.63, 3.8) is 0 Å². The Morgan fingerprint density at radius 2 is 2.05 bits per heavy atom. The highest BCUT2D eigenvalue weighted by Crippen LogP contribution is 2.14. The van der Waals surface area contributed by atoms with Crippen molar-refractivity contribution in [2.45, 2.75) is 6.54 Å². The van der Waals surface area contributed by atoms with Gasteiger partial charge in [0.25, 0.3) is 0 Å². The number of halogens is 1. The summed E-state index contributed by atoms with van der Waals surface area (Å²) in [6.45, 7) is 4.70. The van der Waals surface area contributed by atoms with Gasteiger partial charge in [-0.25, -0.2) is 0 Å². The van der Waals surface area contributed by atoms with Crippen molar-refractivity contribution in [3.8, 4) is 5.75 Å². The van der Waals surface area contributed by atoms with E-state index < -0.39 is 0 Å². The molecule has 4 heteroatoms. The SMILES string of the molecule is C=CCOc1cccc(/C=N\NCc2ccccc2Cl)c1. The van der Waals surface area contributed by atoms with Crippen LogP contribution in [0.25, 0.3) is 0 Å². The molecule has 0 spiro atoms. The molecule has 2 aromatic carbocycles. The van der Waals surface area contributed by atoms with E-state index in [0.717, 1.165) is 21.9 Å². The standard InChI is InChI=1S/C17H17ClN2O/c1-2-10-21-16-8-5-6-14(11-16)12-19-20-13-15-7-3-4-9-17(15)18/h2-9,11-12,20H,1,10,13H2/b19-12-. The van der Waals surface area contributed by atoms with Gasteiger partial charge in [-0.2, -0.15) is 5.10 Å². The predicted molar refractivity (Wildman–Crippen MR) is 88.0 cm³/mol. The number of ether oxygens (including phenoxy) is 1. The van der Waals surface area contributed by atoms with Gasteiger partial charge >= 0.3 is 0 Å². The minimum absolute atomic E-state index is 0.491. The summed E-state index contributed by atoms with van der Waals surface area (Å²) in [4.78, 5) is 0. The number of hydrazone groups is 1.